The van der Waals surface area contributed by atoms with E-state index in [1.165, 1.54) is 15.9 Å². The number of nitrogens with two attached hydrogens (primary N) is 1. The van der Waals surface area contributed by atoms with Crippen molar-refractivity contribution < 1.29 is 37.8 Å². The van der Waals surface area contributed by atoms with Crippen molar-refractivity contribution in [1.29, 1.82) is 0 Å². The Kier molecular flexibility index (Phi) is 9.09. The molecular weight excluding hydrogens is 585 g/mol. The molecule has 0 bridgehead atoms. The third-order valence-corrected chi connectivity index (χ3v) is 8.82. The second-order valence-electron chi connectivity index (χ2n) is 13.4. The zero-order valence-corrected chi connectivity index (χ0v) is 26.0. The van der Waals surface area contributed by atoms with Crippen LogP contribution in [-0.2, 0) is 36.9 Å². The number of hydrogen-bond donors (Lipinski definition) is 3. The highest BCUT2D eigenvalue weighted by atomic mass is 19.1. The van der Waals surface area contributed by atoms with Crippen molar-refractivity contribution in [1.82, 2.24) is 20.4 Å². The van der Waals surface area contributed by atoms with E-state index in [9.17, 15) is 28.4 Å². The summed E-state index contributed by atoms with van der Waals surface area (Å²) < 4.78 is 25.5. The quantitative estimate of drug-likeness (QED) is 0.434. The second-order valence-corrected chi connectivity index (χ2v) is 13.4. The SMILES string of the molecule is CC(C)(C)OC(=O)N[C@H]1CCCCCC=C[C@@H]2C[C@@]2(C(N)=O)NC(=O)[C@@H]2C[C@@H](OC(=O)N3Cc4cccc(F)c4C3)CN2C1=O. The first-order chi connectivity index (χ1) is 21.3. The van der Waals surface area contributed by atoms with Crippen LogP contribution in [0, 0.1) is 11.7 Å². The summed E-state index contributed by atoms with van der Waals surface area (Å²) in [6, 6.07) is 2.56. The van der Waals surface area contributed by atoms with Crippen molar-refractivity contribution in [2.75, 3.05) is 6.54 Å². The number of carbonyl (C=O) groups excluding carboxylic acids is 5. The van der Waals surface area contributed by atoms with Crippen molar-refractivity contribution in [3.63, 3.8) is 0 Å². The molecule has 0 radical (unpaired) electrons. The molecule has 3 heterocycles. The predicted octanol–water partition coefficient (Wildman–Crippen LogP) is 3.02. The number of hydrogen-bond acceptors (Lipinski definition) is 7. The Bertz CT molecular complexity index is 1390. The van der Waals surface area contributed by atoms with Crippen molar-refractivity contribution >= 4 is 29.9 Å². The number of nitrogens with one attached hydrogen (secondary N) is 2. The van der Waals surface area contributed by atoms with Gasteiger partial charge in [0.15, 0.2) is 0 Å². The van der Waals surface area contributed by atoms with E-state index in [-0.39, 0.29) is 32.0 Å². The summed E-state index contributed by atoms with van der Waals surface area (Å²) >= 11 is 0. The van der Waals surface area contributed by atoms with Crippen molar-refractivity contribution in [3.05, 3.63) is 47.3 Å². The van der Waals surface area contributed by atoms with Gasteiger partial charge in [0, 0.05) is 24.4 Å². The lowest BCUT2D eigenvalue weighted by atomic mass is 10.0. The third-order valence-electron chi connectivity index (χ3n) is 8.82. The molecule has 5 rings (SSSR count). The summed E-state index contributed by atoms with van der Waals surface area (Å²) in [5.41, 5.74) is 4.78. The number of halogens is 1. The Morgan fingerprint density at radius 1 is 1.13 bits per heavy atom. The normalized spacial score (nSPS) is 28.5. The minimum Gasteiger partial charge on any atom is -0.444 e. The van der Waals surface area contributed by atoms with Gasteiger partial charge in [0.2, 0.25) is 17.7 Å². The molecule has 12 nitrogen and oxygen atoms in total. The van der Waals surface area contributed by atoms with Crippen LogP contribution < -0.4 is 16.4 Å². The van der Waals surface area contributed by atoms with Gasteiger partial charge in [-0.25, -0.2) is 14.0 Å². The molecule has 4 N–H and O–H groups in total. The average Bonchev–Trinajstić information content (AvgIpc) is 3.27. The Balaban J connectivity index is 1.37. The molecule has 3 aliphatic heterocycles. The second kappa shape index (κ2) is 12.7. The molecule has 0 aromatic heterocycles. The number of benzene rings is 1. The summed E-state index contributed by atoms with van der Waals surface area (Å²) in [4.78, 5) is 68.9. The standard InChI is InChI=1S/C32H42FN5O7/c1-31(2,3)45-29(42)35-24-13-8-6-4-5-7-11-20-15-32(20,28(34)41)36-26(39)25-14-21(17-38(25)27(24)40)44-30(43)37-16-19-10-9-12-23(33)22(19)18-37/h7,9-12,20-21,24-25H,4-6,8,13-18H2,1-3H3,(H2,34,41)(H,35,42)(H,36,39)/t20-,21-,24+,25+,32-/m1/s1. The number of rotatable bonds is 3. The molecule has 244 valence electrons. The van der Waals surface area contributed by atoms with E-state index >= 15 is 0 Å². The number of allylic oxidation sites excluding steroid dienone is 1. The van der Waals surface area contributed by atoms with E-state index in [1.54, 1.807) is 32.9 Å². The van der Waals surface area contributed by atoms with Crippen molar-refractivity contribution in [2.24, 2.45) is 11.7 Å². The van der Waals surface area contributed by atoms with Crippen LogP contribution in [0.5, 0.6) is 0 Å². The number of amides is 5. The summed E-state index contributed by atoms with van der Waals surface area (Å²) in [6.07, 6.45) is 5.17. The molecule has 5 amide bonds. The number of primary amides is 1. The van der Waals surface area contributed by atoms with Crippen LogP contribution in [0.3, 0.4) is 0 Å². The van der Waals surface area contributed by atoms with E-state index in [0.29, 0.717) is 30.4 Å². The lowest BCUT2D eigenvalue weighted by Gasteiger charge is -2.30. The molecule has 1 aromatic rings. The zero-order valence-electron chi connectivity index (χ0n) is 26.0. The zero-order chi connectivity index (χ0) is 32.5. The smallest absolute Gasteiger partial charge is 0.410 e. The maximum atomic E-state index is 14.3. The molecule has 1 aromatic carbocycles. The Hall–Kier alpha value is -4.16. The van der Waals surface area contributed by atoms with Gasteiger partial charge in [-0.05, 0) is 58.1 Å². The number of alkyl carbamates (subject to hydrolysis) is 1. The highest BCUT2D eigenvalue weighted by Crippen LogP contribution is 2.45. The van der Waals surface area contributed by atoms with Crippen LogP contribution in [-0.4, -0.2) is 75.6 Å². The monoisotopic (exact) mass is 627 g/mol. The number of nitrogens with zero attached hydrogens (tertiary/aromatic N) is 2. The Morgan fingerprint density at radius 3 is 2.62 bits per heavy atom. The molecule has 0 unspecified atom stereocenters. The maximum Gasteiger partial charge on any atom is 0.410 e. The molecule has 1 saturated heterocycles. The molecule has 13 heteroatoms. The van der Waals surface area contributed by atoms with Gasteiger partial charge < -0.3 is 30.7 Å². The summed E-state index contributed by atoms with van der Waals surface area (Å²) in [5.74, 6) is -2.46. The van der Waals surface area contributed by atoms with E-state index in [2.05, 4.69) is 10.6 Å². The van der Waals surface area contributed by atoms with E-state index in [0.717, 1.165) is 19.3 Å². The summed E-state index contributed by atoms with van der Waals surface area (Å²) in [6.45, 7) is 5.24. The van der Waals surface area contributed by atoms with Gasteiger partial charge in [0.1, 0.15) is 35.1 Å². The number of carbonyl (C=O) groups is 5. The molecule has 45 heavy (non-hydrogen) atoms. The minimum atomic E-state index is -1.27. The topological polar surface area (TPSA) is 160 Å². The fraction of sp³-hybridized carbons (Fsp3) is 0.594. The van der Waals surface area contributed by atoms with E-state index < -0.39 is 65.1 Å². The fourth-order valence-corrected chi connectivity index (χ4v) is 6.37. The van der Waals surface area contributed by atoms with Gasteiger partial charge in [0.25, 0.3) is 0 Å². The maximum absolute atomic E-state index is 14.3. The summed E-state index contributed by atoms with van der Waals surface area (Å²) in [7, 11) is 0. The summed E-state index contributed by atoms with van der Waals surface area (Å²) in [5, 5.41) is 5.48. The van der Waals surface area contributed by atoms with Crippen LogP contribution in [0.25, 0.3) is 0 Å². The average molecular weight is 628 g/mol. The predicted molar refractivity (Wildman–Crippen MR) is 160 cm³/mol. The Morgan fingerprint density at radius 2 is 1.91 bits per heavy atom. The fourth-order valence-electron chi connectivity index (χ4n) is 6.37. The van der Waals surface area contributed by atoms with Crippen molar-refractivity contribution in [2.45, 2.75) is 108 Å². The first kappa shape index (κ1) is 32.2. The van der Waals surface area contributed by atoms with Crippen LogP contribution >= 0.6 is 0 Å². The lowest BCUT2D eigenvalue weighted by Crippen LogP contribution is -2.57. The highest BCUT2D eigenvalue weighted by Gasteiger charge is 2.60. The van der Waals surface area contributed by atoms with Crippen molar-refractivity contribution in [3.8, 4) is 0 Å². The van der Waals surface area contributed by atoms with Gasteiger partial charge >= 0.3 is 12.2 Å². The van der Waals surface area contributed by atoms with Crippen LogP contribution in [0.2, 0.25) is 0 Å². The van der Waals surface area contributed by atoms with E-state index in [1.807, 2.05) is 12.2 Å². The molecule has 2 fully saturated rings. The van der Waals surface area contributed by atoms with Gasteiger partial charge in [0.05, 0.1) is 13.1 Å². The first-order valence-electron chi connectivity index (χ1n) is 15.6. The molecular formula is C32H42FN5O7. The molecule has 1 saturated carbocycles. The molecule has 1 aliphatic carbocycles. The van der Waals surface area contributed by atoms with Gasteiger partial charge in [-0.2, -0.15) is 0 Å². The van der Waals surface area contributed by atoms with Crippen LogP contribution in [0.4, 0.5) is 14.0 Å². The molecule has 4 aliphatic rings. The Labute approximate surface area is 261 Å². The van der Waals surface area contributed by atoms with Gasteiger partial charge in [-0.3, -0.25) is 19.3 Å². The lowest BCUT2D eigenvalue weighted by molar-refractivity contribution is -0.141. The van der Waals surface area contributed by atoms with Crippen LogP contribution in [0.1, 0.15) is 76.8 Å². The molecule has 0 spiro atoms. The highest BCUT2D eigenvalue weighted by molar-refractivity contribution is 5.97. The number of ether oxygens (including phenoxy) is 2. The molecule has 5 atom stereocenters. The minimum absolute atomic E-state index is 0.0348. The van der Waals surface area contributed by atoms with Crippen LogP contribution in [0.15, 0.2) is 30.4 Å². The first-order valence-corrected chi connectivity index (χ1v) is 15.6. The van der Waals surface area contributed by atoms with Gasteiger partial charge in [-0.15, -0.1) is 0 Å². The number of fused-ring (bicyclic) bond motifs is 3. The van der Waals surface area contributed by atoms with Gasteiger partial charge in [-0.1, -0.05) is 37.1 Å². The largest absolute Gasteiger partial charge is 0.444 e. The third kappa shape index (κ3) is 7.23. The van der Waals surface area contributed by atoms with E-state index in [4.69, 9.17) is 15.2 Å².